The van der Waals surface area contributed by atoms with Crippen molar-refractivity contribution in [3.63, 3.8) is 0 Å². The molecule has 0 aromatic heterocycles. The molecule has 1 amide bonds. The van der Waals surface area contributed by atoms with Crippen molar-refractivity contribution in [3.05, 3.63) is 58.6 Å². The highest BCUT2D eigenvalue weighted by Gasteiger charge is 2.19. The number of para-hydroxylation sites is 1. The summed E-state index contributed by atoms with van der Waals surface area (Å²) >= 11 is 6.09. The summed E-state index contributed by atoms with van der Waals surface area (Å²) in [6, 6.07) is 12.7. The van der Waals surface area contributed by atoms with Gasteiger partial charge in [0.1, 0.15) is 11.5 Å². The van der Waals surface area contributed by atoms with Crippen molar-refractivity contribution in [3.8, 4) is 11.5 Å². The van der Waals surface area contributed by atoms with Crippen LogP contribution in [0.5, 0.6) is 11.5 Å². The lowest BCUT2D eigenvalue weighted by Gasteiger charge is -2.26. The molecule has 2 aromatic carbocycles. The van der Waals surface area contributed by atoms with Gasteiger partial charge < -0.3 is 19.7 Å². The first kappa shape index (κ1) is 19.1. The molecule has 0 saturated carbocycles. The van der Waals surface area contributed by atoms with E-state index >= 15 is 0 Å². The van der Waals surface area contributed by atoms with Crippen molar-refractivity contribution >= 4 is 17.5 Å². The van der Waals surface area contributed by atoms with Gasteiger partial charge in [0.25, 0.3) is 5.91 Å². The minimum atomic E-state index is -0.189. The summed E-state index contributed by atoms with van der Waals surface area (Å²) in [5, 5.41) is 3.37. The zero-order chi connectivity index (χ0) is 18.4. The minimum Gasteiger partial charge on any atom is -0.496 e. The first-order valence-corrected chi connectivity index (χ1v) is 8.26. The molecule has 2 rings (SSSR count). The van der Waals surface area contributed by atoms with E-state index in [2.05, 4.69) is 5.32 Å². The van der Waals surface area contributed by atoms with Gasteiger partial charge >= 0.3 is 0 Å². The fourth-order valence-corrected chi connectivity index (χ4v) is 2.87. The molecular weight excluding hydrogens is 340 g/mol. The Kier molecular flexibility index (Phi) is 6.67. The highest BCUT2D eigenvalue weighted by atomic mass is 35.5. The zero-order valence-electron chi connectivity index (χ0n) is 14.9. The van der Waals surface area contributed by atoms with Gasteiger partial charge in [-0.15, -0.1) is 0 Å². The highest BCUT2D eigenvalue weighted by molar-refractivity contribution is 6.32. The molecule has 25 heavy (non-hydrogen) atoms. The molecule has 0 aliphatic carbocycles. The number of hydrogen-bond acceptors (Lipinski definition) is 4. The number of amides is 1. The second-order valence-electron chi connectivity index (χ2n) is 5.78. The average Bonchev–Trinajstić information content (AvgIpc) is 2.61. The van der Waals surface area contributed by atoms with Crippen LogP contribution >= 0.6 is 11.6 Å². The topological polar surface area (TPSA) is 50.8 Å². The third kappa shape index (κ3) is 4.65. The lowest BCUT2D eigenvalue weighted by Crippen LogP contribution is -2.34. The van der Waals surface area contributed by atoms with Gasteiger partial charge in [-0.3, -0.25) is 4.79 Å². The SMILES string of the molecule is COc1ccc(C(=O)NC[C@@H](c2ccccc2OC)N(C)C)cc1Cl. The molecule has 0 bridgehead atoms. The van der Waals surface area contributed by atoms with Crippen LogP contribution in [0.4, 0.5) is 0 Å². The Morgan fingerprint density at radius 2 is 1.80 bits per heavy atom. The van der Waals surface area contributed by atoms with Crippen molar-refractivity contribution in [2.45, 2.75) is 6.04 Å². The molecule has 0 unspecified atom stereocenters. The first-order valence-electron chi connectivity index (χ1n) is 7.89. The van der Waals surface area contributed by atoms with Gasteiger partial charge in [-0.2, -0.15) is 0 Å². The molecule has 0 fully saturated rings. The summed E-state index contributed by atoms with van der Waals surface area (Å²) in [4.78, 5) is 14.5. The molecule has 0 spiro atoms. The molecular formula is C19H23ClN2O3. The predicted octanol–water partition coefficient (Wildman–Crippen LogP) is 3.39. The summed E-state index contributed by atoms with van der Waals surface area (Å²) in [5.41, 5.74) is 1.51. The van der Waals surface area contributed by atoms with Crippen molar-refractivity contribution in [1.82, 2.24) is 10.2 Å². The summed E-state index contributed by atoms with van der Waals surface area (Å²) < 4.78 is 10.5. The van der Waals surface area contributed by atoms with E-state index in [1.165, 1.54) is 7.11 Å². The Balaban J connectivity index is 2.13. The maximum absolute atomic E-state index is 12.4. The number of hydrogen-bond donors (Lipinski definition) is 1. The number of benzene rings is 2. The molecule has 2 aromatic rings. The average molecular weight is 363 g/mol. The largest absolute Gasteiger partial charge is 0.496 e. The highest BCUT2D eigenvalue weighted by Crippen LogP contribution is 2.28. The first-order chi connectivity index (χ1) is 12.0. The molecule has 0 heterocycles. The number of ether oxygens (including phenoxy) is 2. The third-order valence-corrected chi connectivity index (χ3v) is 4.29. The molecule has 0 aliphatic rings. The molecule has 6 heteroatoms. The van der Waals surface area contributed by atoms with E-state index in [1.54, 1.807) is 25.3 Å². The van der Waals surface area contributed by atoms with Crippen LogP contribution in [-0.2, 0) is 0 Å². The number of nitrogens with one attached hydrogen (secondary N) is 1. The number of carbonyl (C=O) groups is 1. The summed E-state index contributed by atoms with van der Waals surface area (Å²) in [5.74, 6) is 1.15. The van der Waals surface area contributed by atoms with Gasteiger partial charge in [-0.1, -0.05) is 29.8 Å². The van der Waals surface area contributed by atoms with Gasteiger partial charge in [0, 0.05) is 17.7 Å². The molecule has 0 saturated heterocycles. The predicted molar refractivity (Wildman–Crippen MR) is 99.8 cm³/mol. The van der Waals surface area contributed by atoms with Gasteiger partial charge in [-0.25, -0.2) is 0 Å². The van der Waals surface area contributed by atoms with Crippen molar-refractivity contribution in [2.75, 3.05) is 34.9 Å². The lowest BCUT2D eigenvalue weighted by molar-refractivity contribution is 0.0941. The number of nitrogens with zero attached hydrogens (tertiary/aromatic N) is 1. The zero-order valence-corrected chi connectivity index (χ0v) is 15.6. The Hall–Kier alpha value is -2.24. The van der Waals surface area contributed by atoms with E-state index in [0.717, 1.165) is 11.3 Å². The third-order valence-electron chi connectivity index (χ3n) is 3.99. The lowest BCUT2D eigenvalue weighted by atomic mass is 10.0. The van der Waals surface area contributed by atoms with E-state index in [9.17, 15) is 4.79 Å². The van der Waals surface area contributed by atoms with Crippen LogP contribution in [0, 0.1) is 0 Å². The monoisotopic (exact) mass is 362 g/mol. The van der Waals surface area contributed by atoms with Gasteiger partial charge in [-0.05, 0) is 38.4 Å². The Morgan fingerprint density at radius 3 is 2.40 bits per heavy atom. The second-order valence-corrected chi connectivity index (χ2v) is 6.19. The van der Waals surface area contributed by atoms with Crippen molar-refractivity contribution in [2.24, 2.45) is 0 Å². The van der Waals surface area contributed by atoms with Crippen LogP contribution in [-0.4, -0.2) is 45.7 Å². The minimum absolute atomic E-state index is 0.0196. The van der Waals surface area contributed by atoms with Gasteiger partial charge in [0.15, 0.2) is 0 Å². The quantitative estimate of drug-likeness (QED) is 0.820. The number of rotatable bonds is 7. The van der Waals surface area contributed by atoms with Crippen LogP contribution in [0.25, 0.3) is 0 Å². The van der Waals surface area contributed by atoms with Crippen molar-refractivity contribution in [1.29, 1.82) is 0 Å². The van der Waals surface area contributed by atoms with Crippen LogP contribution in [0.15, 0.2) is 42.5 Å². The van der Waals surface area contributed by atoms with E-state index in [4.69, 9.17) is 21.1 Å². The molecule has 1 atom stereocenters. The molecule has 0 radical (unpaired) electrons. The van der Waals surface area contributed by atoms with E-state index in [1.807, 2.05) is 43.3 Å². The molecule has 1 N–H and O–H groups in total. The molecule has 134 valence electrons. The van der Waals surface area contributed by atoms with E-state index in [0.29, 0.717) is 22.9 Å². The Bertz CT molecular complexity index is 734. The fourth-order valence-electron chi connectivity index (χ4n) is 2.61. The number of methoxy groups -OCH3 is 2. The van der Waals surface area contributed by atoms with E-state index in [-0.39, 0.29) is 11.9 Å². The Morgan fingerprint density at radius 1 is 1.12 bits per heavy atom. The van der Waals surface area contributed by atoms with E-state index < -0.39 is 0 Å². The number of likely N-dealkylation sites (N-methyl/N-ethyl adjacent to an activating group) is 1. The maximum atomic E-state index is 12.4. The van der Waals surface area contributed by atoms with Gasteiger partial charge in [0.05, 0.1) is 25.3 Å². The summed E-state index contributed by atoms with van der Waals surface area (Å²) in [6.07, 6.45) is 0. The Labute approximate surface area is 153 Å². The van der Waals surface area contributed by atoms with Crippen LogP contribution in [0.1, 0.15) is 22.0 Å². The number of halogens is 1. The molecule has 5 nitrogen and oxygen atoms in total. The second kappa shape index (κ2) is 8.74. The summed E-state index contributed by atoms with van der Waals surface area (Å²) in [7, 11) is 7.11. The van der Waals surface area contributed by atoms with Gasteiger partial charge in [0.2, 0.25) is 0 Å². The van der Waals surface area contributed by atoms with Crippen molar-refractivity contribution < 1.29 is 14.3 Å². The normalized spacial score (nSPS) is 11.9. The standard InChI is InChI=1S/C19H23ClN2O3/c1-22(2)16(14-7-5-6-8-17(14)24-3)12-21-19(23)13-9-10-18(25-4)15(20)11-13/h5-11,16H,12H2,1-4H3,(H,21,23)/t16-/m0/s1. The van der Waals surface area contributed by atoms with Crippen LogP contribution < -0.4 is 14.8 Å². The summed E-state index contributed by atoms with van der Waals surface area (Å²) in [6.45, 7) is 0.440. The number of carbonyl (C=O) groups excluding carboxylic acids is 1. The fraction of sp³-hybridized carbons (Fsp3) is 0.316. The maximum Gasteiger partial charge on any atom is 0.251 e. The van der Waals surface area contributed by atoms with Crippen LogP contribution in [0.3, 0.4) is 0 Å². The smallest absolute Gasteiger partial charge is 0.251 e. The van der Waals surface area contributed by atoms with Crippen LogP contribution in [0.2, 0.25) is 5.02 Å². The molecule has 0 aliphatic heterocycles.